The van der Waals surface area contributed by atoms with Gasteiger partial charge in [0, 0.05) is 11.6 Å². The monoisotopic (exact) mass is 398 g/mol. The third kappa shape index (κ3) is 3.56. The van der Waals surface area contributed by atoms with Gasteiger partial charge in [-0.3, -0.25) is 4.79 Å². The van der Waals surface area contributed by atoms with Crippen LogP contribution in [0.3, 0.4) is 0 Å². The van der Waals surface area contributed by atoms with Crippen LogP contribution in [0.5, 0.6) is 0 Å². The van der Waals surface area contributed by atoms with E-state index in [-0.39, 0.29) is 18.0 Å². The summed E-state index contributed by atoms with van der Waals surface area (Å²) in [5, 5.41) is 8.67. The van der Waals surface area contributed by atoms with Crippen molar-refractivity contribution in [2.75, 3.05) is 0 Å². The fourth-order valence-corrected chi connectivity index (χ4v) is 4.69. The highest BCUT2D eigenvalue weighted by Crippen LogP contribution is 2.38. The average molecular weight is 399 g/mol. The lowest BCUT2D eigenvalue weighted by Gasteiger charge is -2.50. The molecule has 0 bridgehead atoms. The Kier molecular flexibility index (Phi) is 5.18. The zero-order chi connectivity index (χ0) is 20.3. The minimum absolute atomic E-state index is 0.00568. The van der Waals surface area contributed by atoms with Crippen LogP contribution in [0.15, 0.2) is 72.9 Å². The van der Waals surface area contributed by atoms with Crippen molar-refractivity contribution in [2.45, 2.75) is 50.2 Å². The number of benzene rings is 2. The van der Waals surface area contributed by atoms with Crippen molar-refractivity contribution >= 4 is 12.0 Å². The van der Waals surface area contributed by atoms with Crippen molar-refractivity contribution in [3.8, 4) is 11.3 Å². The number of likely N-dealkylation sites (tertiary alicyclic amines) is 1. The fourth-order valence-electron chi connectivity index (χ4n) is 4.69. The Hall–Kier alpha value is -3.21. The van der Waals surface area contributed by atoms with Gasteiger partial charge >= 0.3 is 0 Å². The second kappa shape index (κ2) is 8.27. The molecule has 5 nitrogen and oxygen atoms in total. The van der Waals surface area contributed by atoms with E-state index in [2.05, 4.69) is 39.5 Å². The summed E-state index contributed by atoms with van der Waals surface area (Å²) in [7, 11) is 0. The Bertz CT molecular complexity index is 1020. The predicted octanol–water partition coefficient (Wildman–Crippen LogP) is 4.74. The lowest BCUT2D eigenvalue weighted by Crippen LogP contribution is -2.64. The van der Waals surface area contributed by atoms with Crippen molar-refractivity contribution < 1.29 is 4.79 Å². The van der Waals surface area contributed by atoms with Crippen molar-refractivity contribution in [1.82, 2.24) is 19.9 Å². The highest BCUT2D eigenvalue weighted by molar-refractivity contribution is 5.89. The van der Waals surface area contributed by atoms with Crippen LogP contribution in [0.4, 0.5) is 0 Å². The van der Waals surface area contributed by atoms with Crippen LogP contribution >= 0.6 is 0 Å². The maximum Gasteiger partial charge on any atom is 0.250 e. The first-order valence-electron chi connectivity index (χ1n) is 10.8. The second-order valence-corrected chi connectivity index (χ2v) is 8.19. The number of nitrogens with zero attached hydrogens (tertiary/aromatic N) is 4. The van der Waals surface area contributed by atoms with Gasteiger partial charge in [-0.15, -0.1) is 5.10 Å². The maximum atomic E-state index is 13.2. The molecule has 1 amide bonds. The third-order valence-electron chi connectivity index (χ3n) is 6.27. The summed E-state index contributed by atoms with van der Waals surface area (Å²) in [6.07, 6.45) is 12.1. The first kappa shape index (κ1) is 18.8. The topological polar surface area (TPSA) is 51.0 Å². The number of carbonyl (C=O) groups is 1. The number of hydrogen-bond donors (Lipinski definition) is 0. The van der Waals surface area contributed by atoms with E-state index in [1.54, 1.807) is 4.68 Å². The Morgan fingerprint density at radius 2 is 1.60 bits per heavy atom. The van der Waals surface area contributed by atoms with Crippen LogP contribution in [0.2, 0.25) is 0 Å². The number of β-lactam (4-membered cyclic amide) rings is 1. The van der Waals surface area contributed by atoms with Gasteiger partial charge in [0.1, 0.15) is 5.69 Å². The molecule has 3 aromatic rings. The molecule has 2 atom stereocenters. The smallest absolute Gasteiger partial charge is 0.250 e. The average Bonchev–Trinajstić information content (AvgIpc) is 3.28. The van der Waals surface area contributed by atoms with E-state index < -0.39 is 0 Å². The zero-order valence-corrected chi connectivity index (χ0v) is 17.0. The number of amides is 1. The fraction of sp³-hybridized carbons (Fsp3) is 0.320. The Morgan fingerprint density at radius 1 is 0.900 bits per heavy atom. The van der Waals surface area contributed by atoms with E-state index in [1.807, 2.05) is 54.7 Å². The largest absolute Gasteiger partial charge is 0.329 e. The summed E-state index contributed by atoms with van der Waals surface area (Å²) >= 11 is 0. The summed E-state index contributed by atoms with van der Waals surface area (Å²) in [5.74, 6) is 0.161. The molecule has 30 heavy (non-hydrogen) atoms. The van der Waals surface area contributed by atoms with Crippen LogP contribution in [0.25, 0.3) is 17.3 Å². The van der Waals surface area contributed by atoms with Gasteiger partial charge in [0.15, 0.2) is 6.04 Å². The molecule has 0 unspecified atom stereocenters. The molecule has 1 aliphatic carbocycles. The minimum Gasteiger partial charge on any atom is -0.329 e. The van der Waals surface area contributed by atoms with Gasteiger partial charge in [-0.25, -0.2) is 4.68 Å². The molecule has 1 saturated heterocycles. The molecule has 5 rings (SSSR count). The van der Waals surface area contributed by atoms with Gasteiger partial charge in [-0.05, 0) is 18.4 Å². The molecule has 1 aromatic heterocycles. The van der Waals surface area contributed by atoms with Gasteiger partial charge in [0.25, 0.3) is 5.91 Å². The zero-order valence-electron chi connectivity index (χ0n) is 17.0. The summed E-state index contributed by atoms with van der Waals surface area (Å²) in [4.78, 5) is 15.3. The quantitative estimate of drug-likeness (QED) is 0.583. The van der Waals surface area contributed by atoms with Gasteiger partial charge in [-0.1, -0.05) is 97.3 Å². The summed E-state index contributed by atoms with van der Waals surface area (Å²) < 4.78 is 1.75. The van der Waals surface area contributed by atoms with Gasteiger partial charge in [0.05, 0.1) is 12.2 Å². The van der Waals surface area contributed by atoms with Gasteiger partial charge in [-0.2, -0.15) is 0 Å². The standard InChI is InChI=1S/C25H26N4O/c30-25-24(28-18-22(26-27-28)20-12-6-2-7-13-20)23(17-16-19-10-4-1-5-11-19)29(25)21-14-8-3-9-15-21/h1-2,4-7,10-13,16-18,21,23-24H,3,8-9,14-15H2/b17-16+/t23-,24+/m1/s1. The van der Waals surface area contributed by atoms with E-state index >= 15 is 0 Å². The Balaban J connectivity index is 1.43. The van der Waals surface area contributed by atoms with Crippen LogP contribution in [-0.4, -0.2) is 37.9 Å². The molecule has 0 N–H and O–H groups in total. The number of aromatic nitrogens is 3. The molecule has 5 heteroatoms. The number of hydrogen-bond acceptors (Lipinski definition) is 3. The lowest BCUT2D eigenvalue weighted by molar-refractivity contribution is -0.157. The van der Waals surface area contributed by atoms with Crippen LogP contribution < -0.4 is 0 Å². The maximum absolute atomic E-state index is 13.2. The minimum atomic E-state index is -0.322. The normalized spacial score (nSPS) is 22.4. The van der Waals surface area contributed by atoms with Crippen molar-refractivity contribution in [2.24, 2.45) is 0 Å². The molecule has 1 aliphatic heterocycles. The molecular formula is C25H26N4O. The molecule has 2 heterocycles. The van der Waals surface area contributed by atoms with Crippen LogP contribution in [-0.2, 0) is 4.79 Å². The van der Waals surface area contributed by atoms with Crippen molar-refractivity contribution in [3.05, 3.63) is 78.5 Å². The summed E-state index contributed by atoms with van der Waals surface area (Å²) in [6, 6.07) is 20.2. The van der Waals surface area contributed by atoms with E-state index in [1.165, 1.54) is 19.3 Å². The molecule has 1 saturated carbocycles. The Labute approximate surface area is 177 Å². The van der Waals surface area contributed by atoms with E-state index in [9.17, 15) is 4.79 Å². The third-order valence-corrected chi connectivity index (χ3v) is 6.27. The van der Waals surface area contributed by atoms with Crippen LogP contribution in [0.1, 0.15) is 43.7 Å². The molecule has 2 aromatic carbocycles. The van der Waals surface area contributed by atoms with Crippen molar-refractivity contribution in [1.29, 1.82) is 0 Å². The molecule has 152 valence electrons. The second-order valence-electron chi connectivity index (χ2n) is 8.19. The molecule has 0 spiro atoms. The van der Waals surface area contributed by atoms with Gasteiger partial charge in [0.2, 0.25) is 0 Å². The van der Waals surface area contributed by atoms with Crippen LogP contribution in [0, 0.1) is 0 Å². The molecule has 2 fully saturated rings. The highest BCUT2D eigenvalue weighted by Gasteiger charge is 2.50. The first-order valence-corrected chi connectivity index (χ1v) is 10.8. The Morgan fingerprint density at radius 3 is 2.33 bits per heavy atom. The van der Waals surface area contributed by atoms with Gasteiger partial charge < -0.3 is 4.90 Å². The SMILES string of the molecule is O=C1[C@@H](n2cc(-c3ccccc3)nn2)[C@@H](/C=C/c2ccccc2)N1C1CCCCC1. The number of carbonyl (C=O) groups excluding carboxylic acids is 1. The highest BCUT2D eigenvalue weighted by atomic mass is 16.2. The summed E-state index contributed by atoms with van der Waals surface area (Å²) in [6.45, 7) is 0. The lowest BCUT2D eigenvalue weighted by atomic mass is 9.85. The first-order chi connectivity index (χ1) is 14.8. The molecule has 2 aliphatic rings. The van der Waals surface area contributed by atoms with E-state index in [0.717, 1.165) is 29.7 Å². The van der Waals surface area contributed by atoms with E-state index in [4.69, 9.17) is 0 Å². The summed E-state index contributed by atoms with van der Waals surface area (Å²) in [5.41, 5.74) is 2.95. The molecular weight excluding hydrogens is 372 g/mol. The van der Waals surface area contributed by atoms with E-state index in [0.29, 0.717) is 6.04 Å². The molecule has 0 radical (unpaired) electrons. The number of rotatable bonds is 5. The predicted molar refractivity (Wildman–Crippen MR) is 117 cm³/mol. The van der Waals surface area contributed by atoms with Crippen molar-refractivity contribution in [3.63, 3.8) is 0 Å².